The number of fused-ring (bicyclic) bond motifs is 1. The molecule has 0 atom stereocenters. The summed E-state index contributed by atoms with van der Waals surface area (Å²) >= 11 is 0. The summed E-state index contributed by atoms with van der Waals surface area (Å²) in [6.07, 6.45) is 15.4. The van der Waals surface area contributed by atoms with E-state index in [0.29, 0.717) is 17.5 Å². The molecule has 3 nitrogen and oxygen atoms in total. The summed E-state index contributed by atoms with van der Waals surface area (Å²) in [4.78, 5) is 15.2. The van der Waals surface area contributed by atoms with E-state index in [4.69, 9.17) is 15.0 Å². The fourth-order valence-electron chi connectivity index (χ4n) is 7.87. The van der Waals surface area contributed by atoms with E-state index in [-0.39, 0.29) is 5.41 Å². The van der Waals surface area contributed by atoms with Gasteiger partial charge in [-0.05, 0) is 69.3 Å². The van der Waals surface area contributed by atoms with Crippen LogP contribution in [0.3, 0.4) is 0 Å². The Kier molecular flexibility index (Phi) is 9.98. The summed E-state index contributed by atoms with van der Waals surface area (Å²) in [6, 6.07) is 53.7. The molecule has 6 aromatic carbocycles. The van der Waals surface area contributed by atoms with Crippen LogP contribution in [0, 0.1) is 0 Å². The monoisotopic (exact) mass is 685 g/mol. The molecule has 258 valence electrons. The molecule has 0 radical (unpaired) electrons. The van der Waals surface area contributed by atoms with Crippen LogP contribution in [-0.2, 0) is 5.41 Å². The second-order valence-corrected chi connectivity index (χ2v) is 14.0. The average molecular weight is 686 g/mol. The van der Waals surface area contributed by atoms with Crippen molar-refractivity contribution in [2.45, 2.75) is 43.9 Å². The molecule has 0 spiro atoms. The van der Waals surface area contributed by atoms with Gasteiger partial charge in [0.05, 0.1) is 0 Å². The highest BCUT2D eigenvalue weighted by Gasteiger charge is 2.32. The van der Waals surface area contributed by atoms with E-state index < -0.39 is 0 Å². The van der Waals surface area contributed by atoms with E-state index in [0.717, 1.165) is 33.9 Å². The molecule has 1 heterocycles. The van der Waals surface area contributed by atoms with Gasteiger partial charge in [-0.25, -0.2) is 15.0 Å². The number of aromatic nitrogens is 3. The third kappa shape index (κ3) is 7.43. The van der Waals surface area contributed by atoms with Crippen LogP contribution in [0.2, 0.25) is 0 Å². The Bertz CT molecular complexity index is 2400. The highest BCUT2D eigenvalue weighted by Crippen LogP contribution is 2.43. The predicted molar refractivity (Wildman–Crippen MR) is 222 cm³/mol. The quantitative estimate of drug-likeness (QED) is 0.135. The minimum absolute atomic E-state index is 0.0842. The average Bonchev–Trinajstić information content (AvgIpc) is 3.24. The molecule has 0 N–H and O–H groups in total. The molecule has 1 fully saturated rings. The summed E-state index contributed by atoms with van der Waals surface area (Å²) in [6.45, 7) is 4.06. The van der Waals surface area contributed by atoms with Gasteiger partial charge in [-0.3, -0.25) is 0 Å². The number of benzene rings is 6. The zero-order valence-electron chi connectivity index (χ0n) is 30.0. The Morgan fingerprint density at radius 3 is 1.91 bits per heavy atom. The second kappa shape index (κ2) is 15.6. The Balaban J connectivity index is 1.11. The van der Waals surface area contributed by atoms with E-state index in [1.165, 1.54) is 59.9 Å². The molecule has 8 rings (SSSR count). The minimum Gasteiger partial charge on any atom is -0.208 e. The van der Waals surface area contributed by atoms with E-state index >= 15 is 0 Å². The normalized spacial score (nSPS) is 14.4. The van der Waals surface area contributed by atoms with Crippen molar-refractivity contribution >= 4 is 16.3 Å². The molecule has 1 aliphatic carbocycles. The van der Waals surface area contributed by atoms with Gasteiger partial charge in [0.2, 0.25) is 0 Å². The van der Waals surface area contributed by atoms with Gasteiger partial charge in [0, 0.05) is 16.7 Å². The van der Waals surface area contributed by atoms with E-state index in [9.17, 15) is 0 Å². The first kappa shape index (κ1) is 33.9. The van der Waals surface area contributed by atoms with Crippen LogP contribution in [0.25, 0.3) is 61.4 Å². The molecule has 0 bridgehead atoms. The SMILES string of the molecule is C=C/C=C(\C=C/CC1(c2ccc(-c3cccc(-c4ccccc4)c3)cc2)CCCCC1)c1nc(-c2ccccc2)nc(-c2cccc3ccccc23)n1. The van der Waals surface area contributed by atoms with Crippen LogP contribution in [0.5, 0.6) is 0 Å². The van der Waals surface area contributed by atoms with Crippen LogP contribution in [0.15, 0.2) is 183 Å². The summed E-state index contributed by atoms with van der Waals surface area (Å²) in [5.41, 5.74) is 9.33. The first-order valence-electron chi connectivity index (χ1n) is 18.7. The summed E-state index contributed by atoms with van der Waals surface area (Å²) in [5, 5.41) is 2.27. The lowest BCUT2D eigenvalue weighted by atomic mass is 9.67. The van der Waals surface area contributed by atoms with Crippen LogP contribution < -0.4 is 0 Å². The lowest BCUT2D eigenvalue weighted by Gasteiger charge is -2.37. The summed E-state index contributed by atoms with van der Waals surface area (Å²) < 4.78 is 0. The van der Waals surface area contributed by atoms with Crippen molar-refractivity contribution in [1.29, 1.82) is 0 Å². The van der Waals surface area contributed by atoms with Crippen LogP contribution in [-0.4, -0.2) is 15.0 Å². The second-order valence-electron chi connectivity index (χ2n) is 14.0. The van der Waals surface area contributed by atoms with E-state index in [1.54, 1.807) is 0 Å². The Labute approximate surface area is 313 Å². The Hall–Kier alpha value is -6.19. The van der Waals surface area contributed by atoms with Crippen LogP contribution in [0.4, 0.5) is 0 Å². The van der Waals surface area contributed by atoms with Gasteiger partial charge in [0.15, 0.2) is 17.5 Å². The number of nitrogens with zero attached hydrogens (tertiary/aromatic N) is 3. The van der Waals surface area contributed by atoms with Gasteiger partial charge >= 0.3 is 0 Å². The third-order valence-corrected chi connectivity index (χ3v) is 10.7. The minimum atomic E-state index is 0.0842. The van der Waals surface area contributed by atoms with Crippen molar-refractivity contribution in [2.24, 2.45) is 0 Å². The highest BCUT2D eigenvalue weighted by molar-refractivity contribution is 5.95. The first-order valence-corrected chi connectivity index (χ1v) is 18.7. The van der Waals surface area contributed by atoms with Crippen LogP contribution in [0.1, 0.15) is 49.9 Å². The van der Waals surface area contributed by atoms with Gasteiger partial charge < -0.3 is 0 Å². The molecule has 0 aliphatic heterocycles. The maximum Gasteiger partial charge on any atom is 0.164 e. The summed E-state index contributed by atoms with van der Waals surface area (Å²) in [7, 11) is 0. The zero-order chi connectivity index (χ0) is 35.9. The van der Waals surface area contributed by atoms with Gasteiger partial charge in [-0.15, -0.1) is 0 Å². The van der Waals surface area contributed by atoms with Gasteiger partial charge in [0.1, 0.15) is 0 Å². The predicted octanol–water partition coefficient (Wildman–Crippen LogP) is 13.1. The van der Waals surface area contributed by atoms with Gasteiger partial charge in [0.25, 0.3) is 0 Å². The zero-order valence-corrected chi connectivity index (χ0v) is 30.0. The smallest absolute Gasteiger partial charge is 0.164 e. The molecule has 0 saturated heterocycles. The van der Waals surface area contributed by atoms with Crippen molar-refractivity contribution in [3.8, 4) is 45.0 Å². The van der Waals surface area contributed by atoms with Crippen molar-refractivity contribution in [3.63, 3.8) is 0 Å². The van der Waals surface area contributed by atoms with Gasteiger partial charge in [-0.1, -0.05) is 196 Å². The number of hydrogen-bond acceptors (Lipinski definition) is 3. The first-order chi connectivity index (χ1) is 26.2. The van der Waals surface area contributed by atoms with Crippen LogP contribution >= 0.6 is 0 Å². The Morgan fingerprint density at radius 1 is 0.566 bits per heavy atom. The standard InChI is InChI=1S/C50H43N3/c1-2-17-40(47-51-48(41-21-8-4-9-22-41)53-49(52-47)46-28-15-23-39-20-10-11-27-45(39)46)26-16-35-50(33-12-5-13-34-50)44-31-29-38(30-32-44)43-25-14-24-42(36-43)37-18-6-3-7-19-37/h2-4,6-11,14-32,36H,1,5,12-13,33-35H2/b26-16-,40-17+. The molecule has 53 heavy (non-hydrogen) atoms. The molecular weight excluding hydrogens is 643 g/mol. The fraction of sp³-hybridized carbons (Fsp3) is 0.140. The third-order valence-electron chi connectivity index (χ3n) is 10.7. The topological polar surface area (TPSA) is 38.7 Å². The fourth-order valence-corrected chi connectivity index (χ4v) is 7.87. The molecule has 3 heteroatoms. The molecular formula is C50H43N3. The number of hydrogen-bond donors (Lipinski definition) is 0. The highest BCUT2D eigenvalue weighted by atomic mass is 15.0. The molecule has 7 aromatic rings. The Morgan fingerprint density at radius 2 is 1.17 bits per heavy atom. The number of rotatable bonds is 10. The lowest BCUT2D eigenvalue weighted by molar-refractivity contribution is 0.295. The molecule has 1 aliphatic rings. The largest absolute Gasteiger partial charge is 0.208 e. The van der Waals surface area contributed by atoms with Crippen molar-refractivity contribution in [3.05, 3.63) is 194 Å². The van der Waals surface area contributed by atoms with E-state index in [1.807, 2.05) is 30.4 Å². The number of allylic oxidation sites excluding steroid dienone is 5. The van der Waals surface area contributed by atoms with Crippen molar-refractivity contribution in [1.82, 2.24) is 15.0 Å². The summed E-state index contributed by atoms with van der Waals surface area (Å²) in [5.74, 6) is 1.95. The molecule has 0 amide bonds. The van der Waals surface area contributed by atoms with Crippen molar-refractivity contribution < 1.29 is 0 Å². The van der Waals surface area contributed by atoms with Crippen molar-refractivity contribution in [2.75, 3.05) is 0 Å². The van der Waals surface area contributed by atoms with E-state index in [2.05, 4.69) is 152 Å². The molecule has 0 unspecified atom stereocenters. The van der Waals surface area contributed by atoms with Gasteiger partial charge in [-0.2, -0.15) is 0 Å². The maximum atomic E-state index is 5.11. The molecule has 1 saturated carbocycles. The maximum absolute atomic E-state index is 5.11. The molecule has 1 aromatic heterocycles. The lowest BCUT2D eigenvalue weighted by Crippen LogP contribution is -2.28.